The van der Waals surface area contributed by atoms with E-state index in [2.05, 4.69) is 15.4 Å². The van der Waals surface area contributed by atoms with Gasteiger partial charge in [-0.05, 0) is 18.2 Å². The van der Waals surface area contributed by atoms with E-state index in [1.54, 1.807) is 18.3 Å². The lowest BCUT2D eigenvalue weighted by atomic mass is 10.1. The molecule has 0 bridgehead atoms. The van der Waals surface area contributed by atoms with Gasteiger partial charge in [0.05, 0.1) is 48.1 Å². The average molecular weight is 623 g/mol. The van der Waals surface area contributed by atoms with E-state index in [1.165, 1.54) is 27.8 Å². The third-order valence-corrected chi connectivity index (χ3v) is 8.97. The summed E-state index contributed by atoms with van der Waals surface area (Å²) in [6.45, 7) is 4.10. The molecular weight excluding hydrogens is 594 g/mol. The maximum Gasteiger partial charge on any atom is 0.271 e. The van der Waals surface area contributed by atoms with E-state index in [0.717, 1.165) is 34.4 Å². The first kappa shape index (κ1) is 28.3. The van der Waals surface area contributed by atoms with Gasteiger partial charge in [-0.1, -0.05) is 47.7 Å². The zero-order valence-electron chi connectivity index (χ0n) is 20.5. The van der Waals surface area contributed by atoms with Gasteiger partial charge in [-0.3, -0.25) is 4.79 Å². The van der Waals surface area contributed by atoms with Crippen molar-refractivity contribution < 1.29 is 22.7 Å². The zero-order chi connectivity index (χ0) is 25.7. The van der Waals surface area contributed by atoms with Crippen molar-refractivity contribution >= 4 is 55.6 Å². The number of amides is 1. The van der Waals surface area contributed by atoms with E-state index in [0.29, 0.717) is 26.4 Å². The van der Waals surface area contributed by atoms with Crippen molar-refractivity contribution in [3.05, 3.63) is 65.0 Å². The SMILES string of the molecule is Br.O=C(N/N=C/c1sc(N2CCOCC2)nc1-c1ccccc1)c1cccc(S(=O)(=O)N2CCOCC2)c1. The highest BCUT2D eigenvalue weighted by Crippen LogP contribution is 2.32. The number of hydrogen-bond donors (Lipinski definition) is 1. The molecule has 0 unspecified atom stereocenters. The molecule has 0 saturated carbocycles. The molecule has 0 aliphatic carbocycles. The topological polar surface area (TPSA) is 113 Å². The van der Waals surface area contributed by atoms with Crippen LogP contribution in [0.4, 0.5) is 5.13 Å². The molecule has 13 heteroatoms. The van der Waals surface area contributed by atoms with Gasteiger partial charge in [-0.15, -0.1) is 17.0 Å². The number of hydrogen-bond acceptors (Lipinski definition) is 9. The molecule has 1 N–H and O–H groups in total. The molecule has 0 spiro atoms. The Hall–Kier alpha value is -2.68. The number of nitrogens with zero attached hydrogens (tertiary/aromatic N) is 4. The smallest absolute Gasteiger partial charge is 0.271 e. The van der Waals surface area contributed by atoms with Crippen LogP contribution in [-0.2, 0) is 19.5 Å². The van der Waals surface area contributed by atoms with Crippen LogP contribution in [0.25, 0.3) is 11.3 Å². The highest BCUT2D eigenvalue weighted by atomic mass is 79.9. The van der Waals surface area contributed by atoms with Crippen LogP contribution in [0.1, 0.15) is 15.2 Å². The lowest BCUT2D eigenvalue weighted by Crippen LogP contribution is -2.40. The van der Waals surface area contributed by atoms with Gasteiger partial charge >= 0.3 is 0 Å². The van der Waals surface area contributed by atoms with Crippen LogP contribution in [-0.4, -0.2) is 82.4 Å². The summed E-state index contributed by atoms with van der Waals surface area (Å²) >= 11 is 1.49. The van der Waals surface area contributed by atoms with E-state index in [4.69, 9.17) is 14.5 Å². The average Bonchev–Trinajstić information content (AvgIpc) is 3.39. The predicted molar refractivity (Wildman–Crippen MR) is 152 cm³/mol. The van der Waals surface area contributed by atoms with Crippen molar-refractivity contribution in [3.8, 4) is 11.3 Å². The molecule has 5 rings (SSSR count). The first-order chi connectivity index (χ1) is 18.0. The Morgan fingerprint density at radius 3 is 2.37 bits per heavy atom. The van der Waals surface area contributed by atoms with Crippen LogP contribution in [0.3, 0.4) is 0 Å². The van der Waals surface area contributed by atoms with Gasteiger partial charge in [0.1, 0.15) is 0 Å². The Morgan fingerprint density at radius 2 is 1.66 bits per heavy atom. The van der Waals surface area contributed by atoms with Crippen molar-refractivity contribution in [1.29, 1.82) is 0 Å². The summed E-state index contributed by atoms with van der Waals surface area (Å²) in [5.74, 6) is -0.505. The predicted octanol–water partition coefficient (Wildman–Crippen LogP) is 3.01. The monoisotopic (exact) mass is 621 g/mol. The minimum atomic E-state index is -3.71. The Bertz CT molecular complexity index is 1370. The van der Waals surface area contributed by atoms with Crippen molar-refractivity contribution in [3.63, 3.8) is 0 Å². The van der Waals surface area contributed by atoms with Gasteiger partial charge in [-0.25, -0.2) is 18.8 Å². The van der Waals surface area contributed by atoms with E-state index < -0.39 is 15.9 Å². The number of benzene rings is 2. The number of hydrazone groups is 1. The van der Waals surface area contributed by atoms with Crippen LogP contribution >= 0.6 is 28.3 Å². The third kappa shape index (κ3) is 6.47. The van der Waals surface area contributed by atoms with Crippen molar-refractivity contribution in [2.24, 2.45) is 5.10 Å². The van der Waals surface area contributed by atoms with Gasteiger partial charge in [0.15, 0.2) is 5.13 Å². The fraction of sp³-hybridized carbons (Fsp3) is 0.320. The molecule has 0 radical (unpaired) electrons. The van der Waals surface area contributed by atoms with Crippen molar-refractivity contribution in [2.75, 3.05) is 57.5 Å². The van der Waals surface area contributed by atoms with Crippen molar-refractivity contribution in [2.45, 2.75) is 4.90 Å². The molecule has 3 heterocycles. The number of carbonyl (C=O) groups excluding carboxylic acids is 1. The normalized spacial score (nSPS) is 16.8. The highest BCUT2D eigenvalue weighted by molar-refractivity contribution is 8.93. The molecule has 3 aromatic rings. The summed E-state index contributed by atoms with van der Waals surface area (Å²) in [6, 6.07) is 15.8. The lowest BCUT2D eigenvalue weighted by Gasteiger charge is -2.26. The second-order valence-electron chi connectivity index (χ2n) is 8.42. The summed E-state index contributed by atoms with van der Waals surface area (Å²) in [6.07, 6.45) is 1.58. The molecule has 1 amide bonds. The molecule has 1 aromatic heterocycles. The van der Waals surface area contributed by atoms with Crippen LogP contribution in [0.15, 0.2) is 64.6 Å². The molecule has 2 fully saturated rings. The van der Waals surface area contributed by atoms with E-state index in [1.807, 2.05) is 30.3 Å². The number of morpholine rings is 2. The third-order valence-electron chi connectivity index (χ3n) is 6.02. The molecule has 38 heavy (non-hydrogen) atoms. The van der Waals surface area contributed by atoms with Gasteiger partial charge in [0.2, 0.25) is 10.0 Å². The molecule has 202 valence electrons. The van der Waals surface area contributed by atoms with E-state index in [-0.39, 0.29) is 40.5 Å². The number of ether oxygens (including phenoxy) is 2. The molecule has 2 aliphatic heterocycles. The first-order valence-corrected chi connectivity index (χ1v) is 14.2. The number of carbonyl (C=O) groups is 1. The number of aromatic nitrogens is 1. The van der Waals surface area contributed by atoms with E-state index in [9.17, 15) is 13.2 Å². The number of halogens is 1. The Kier molecular flexibility index (Phi) is 9.63. The van der Waals surface area contributed by atoms with Crippen LogP contribution in [0, 0.1) is 0 Å². The Balaban J connectivity index is 0.00000336. The number of sulfonamides is 1. The van der Waals surface area contributed by atoms with E-state index >= 15 is 0 Å². The van der Waals surface area contributed by atoms with Gasteiger partial charge in [0, 0.05) is 37.3 Å². The van der Waals surface area contributed by atoms with Gasteiger partial charge in [-0.2, -0.15) is 9.41 Å². The lowest BCUT2D eigenvalue weighted by molar-refractivity contribution is 0.0730. The van der Waals surface area contributed by atoms with Crippen molar-refractivity contribution in [1.82, 2.24) is 14.7 Å². The number of nitrogens with one attached hydrogen (secondary N) is 1. The molecule has 2 aromatic carbocycles. The molecule has 0 atom stereocenters. The largest absolute Gasteiger partial charge is 0.379 e. The van der Waals surface area contributed by atoms with Crippen LogP contribution in [0.2, 0.25) is 0 Å². The summed E-state index contributed by atoms with van der Waals surface area (Å²) in [5, 5.41) is 5.04. The number of thiazole rings is 1. The summed E-state index contributed by atoms with van der Waals surface area (Å²) in [4.78, 5) is 20.7. The quantitative estimate of drug-likeness (QED) is 0.319. The highest BCUT2D eigenvalue weighted by Gasteiger charge is 2.27. The Labute approximate surface area is 236 Å². The maximum atomic E-state index is 13.0. The second-order valence-corrected chi connectivity index (χ2v) is 11.4. The fourth-order valence-corrected chi connectivity index (χ4v) is 6.51. The van der Waals surface area contributed by atoms with Crippen LogP contribution in [0.5, 0.6) is 0 Å². The Morgan fingerprint density at radius 1 is 0.974 bits per heavy atom. The summed E-state index contributed by atoms with van der Waals surface area (Å²) in [5.41, 5.74) is 4.45. The number of rotatable bonds is 7. The molecule has 2 aliphatic rings. The second kappa shape index (κ2) is 12.9. The minimum Gasteiger partial charge on any atom is -0.379 e. The fourth-order valence-electron chi connectivity index (χ4n) is 4.05. The van der Waals surface area contributed by atoms with Gasteiger partial charge < -0.3 is 14.4 Å². The maximum absolute atomic E-state index is 13.0. The summed E-state index contributed by atoms with van der Waals surface area (Å²) in [7, 11) is -3.71. The number of anilines is 1. The van der Waals surface area contributed by atoms with Crippen LogP contribution < -0.4 is 10.3 Å². The standard InChI is InChI=1S/C25H27N5O5S2.BrH/c31-24(20-7-4-8-21(17-20)37(32,33)30-11-15-35-16-12-30)28-26-18-22-23(19-5-2-1-3-6-19)27-25(36-22)29-9-13-34-14-10-29;/h1-8,17-18H,9-16H2,(H,28,31);1H/b26-18+;. The molecule has 10 nitrogen and oxygen atoms in total. The van der Waals surface area contributed by atoms with Gasteiger partial charge in [0.25, 0.3) is 5.91 Å². The molecule has 2 saturated heterocycles. The zero-order valence-corrected chi connectivity index (χ0v) is 23.8. The summed E-state index contributed by atoms with van der Waals surface area (Å²) < 4.78 is 38.0. The first-order valence-electron chi connectivity index (χ1n) is 11.9. The minimum absolute atomic E-state index is 0. The molecular formula is C25H28BrN5O5S2.